The van der Waals surface area contributed by atoms with Gasteiger partial charge in [-0.2, -0.15) is 0 Å². The van der Waals surface area contributed by atoms with Crippen molar-refractivity contribution >= 4 is 11.5 Å². The molecule has 2 heterocycles. The third-order valence-electron chi connectivity index (χ3n) is 3.80. The second kappa shape index (κ2) is 6.06. The van der Waals surface area contributed by atoms with E-state index in [2.05, 4.69) is 52.5 Å². The maximum atomic E-state index is 4.64. The van der Waals surface area contributed by atoms with E-state index in [0.717, 1.165) is 25.5 Å². The molecule has 104 valence electrons. The third-order valence-corrected chi connectivity index (χ3v) is 3.80. The van der Waals surface area contributed by atoms with Crippen molar-refractivity contribution in [3.63, 3.8) is 0 Å². The fraction of sp³-hybridized carbons (Fsp3) is 0.353. The summed E-state index contributed by atoms with van der Waals surface area (Å²) in [4.78, 5) is 7.01. The maximum Gasteiger partial charge on any atom is 0.137 e. The largest absolute Gasteiger partial charge is 0.326 e. The smallest absolute Gasteiger partial charge is 0.137 e. The summed E-state index contributed by atoms with van der Waals surface area (Å²) in [5.74, 6) is 1.10. The van der Waals surface area contributed by atoms with Crippen LogP contribution in [0.3, 0.4) is 0 Å². The molecule has 1 aliphatic heterocycles. The molecule has 0 unspecified atom stereocenters. The van der Waals surface area contributed by atoms with Crippen molar-refractivity contribution in [2.75, 3.05) is 18.0 Å². The summed E-state index contributed by atoms with van der Waals surface area (Å²) in [7, 11) is 0. The second-order valence-electron chi connectivity index (χ2n) is 5.15. The maximum absolute atomic E-state index is 4.64. The van der Waals surface area contributed by atoms with Crippen LogP contribution in [0.1, 0.15) is 24.5 Å². The van der Waals surface area contributed by atoms with Crippen LogP contribution >= 0.6 is 0 Å². The molecule has 1 aliphatic rings. The molecular weight excluding hydrogens is 246 g/mol. The van der Waals surface area contributed by atoms with Crippen LogP contribution in [0.4, 0.5) is 11.5 Å². The van der Waals surface area contributed by atoms with Gasteiger partial charge in [-0.15, -0.1) is 0 Å². The number of benzene rings is 1. The molecule has 1 aromatic heterocycles. The first-order chi connectivity index (χ1) is 9.90. The van der Waals surface area contributed by atoms with Crippen molar-refractivity contribution in [1.29, 1.82) is 0 Å². The van der Waals surface area contributed by atoms with Crippen molar-refractivity contribution < 1.29 is 0 Å². The van der Waals surface area contributed by atoms with E-state index in [-0.39, 0.29) is 0 Å². The van der Waals surface area contributed by atoms with Crippen LogP contribution in [0, 0.1) is 0 Å². The van der Waals surface area contributed by atoms with Gasteiger partial charge in [-0.1, -0.05) is 31.2 Å². The number of fused-ring (bicyclic) bond motifs is 1. The van der Waals surface area contributed by atoms with Crippen LogP contribution in [0.25, 0.3) is 0 Å². The van der Waals surface area contributed by atoms with E-state index in [1.807, 2.05) is 12.3 Å². The average molecular weight is 267 g/mol. The van der Waals surface area contributed by atoms with Crippen molar-refractivity contribution in [2.24, 2.45) is 0 Å². The molecule has 3 heteroatoms. The molecule has 0 saturated heterocycles. The zero-order valence-corrected chi connectivity index (χ0v) is 12.0. The van der Waals surface area contributed by atoms with Gasteiger partial charge >= 0.3 is 0 Å². The normalized spacial score (nSPS) is 14.2. The number of nitrogens with one attached hydrogen (secondary N) is 1. The number of nitrogens with zero attached hydrogens (tertiary/aromatic N) is 2. The summed E-state index contributed by atoms with van der Waals surface area (Å²) >= 11 is 0. The molecule has 0 fully saturated rings. The van der Waals surface area contributed by atoms with E-state index in [9.17, 15) is 0 Å². The van der Waals surface area contributed by atoms with Crippen LogP contribution in [-0.4, -0.2) is 18.1 Å². The SMILES string of the molecule is CCNCc1cccnc1N1CCCc2ccccc21. The highest BCUT2D eigenvalue weighted by Gasteiger charge is 2.20. The highest BCUT2D eigenvalue weighted by molar-refractivity contribution is 5.67. The molecule has 1 aromatic carbocycles. The Labute approximate surface area is 120 Å². The zero-order chi connectivity index (χ0) is 13.8. The van der Waals surface area contributed by atoms with Gasteiger partial charge in [-0.25, -0.2) is 4.98 Å². The second-order valence-corrected chi connectivity index (χ2v) is 5.15. The van der Waals surface area contributed by atoms with Gasteiger partial charge in [-0.05, 0) is 37.1 Å². The van der Waals surface area contributed by atoms with Crippen molar-refractivity contribution in [2.45, 2.75) is 26.3 Å². The molecule has 1 N–H and O–H groups in total. The van der Waals surface area contributed by atoms with E-state index >= 15 is 0 Å². The lowest BCUT2D eigenvalue weighted by Crippen LogP contribution is -2.27. The minimum Gasteiger partial charge on any atom is -0.326 e. The lowest BCUT2D eigenvalue weighted by Gasteiger charge is -2.31. The lowest BCUT2D eigenvalue weighted by atomic mass is 10.0. The highest BCUT2D eigenvalue weighted by Crippen LogP contribution is 2.33. The standard InChI is InChI=1S/C17H21N3/c1-2-18-13-15-8-5-11-19-17(15)20-12-6-9-14-7-3-4-10-16(14)20/h3-5,7-8,10-11,18H,2,6,9,12-13H2,1H3. The number of pyridine rings is 1. The summed E-state index contributed by atoms with van der Waals surface area (Å²) in [6, 6.07) is 12.9. The minimum absolute atomic E-state index is 0.873. The number of hydrogen-bond donors (Lipinski definition) is 1. The van der Waals surface area contributed by atoms with Gasteiger partial charge in [-0.3, -0.25) is 0 Å². The van der Waals surface area contributed by atoms with Crippen LogP contribution in [0.5, 0.6) is 0 Å². The Balaban J connectivity index is 1.98. The minimum atomic E-state index is 0.873. The molecule has 0 radical (unpaired) electrons. The van der Waals surface area contributed by atoms with Crippen LogP contribution in [0.15, 0.2) is 42.6 Å². The molecule has 0 atom stereocenters. The molecule has 3 rings (SSSR count). The van der Waals surface area contributed by atoms with Gasteiger partial charge < -0.3 is 10.2 Å². The number of para-hydroxylation sites is 1. The zero-order valence-electron chi connectivity index (χ0n) is 12.0. The van der Waals surface area contributed by atoms with Crippen molar-refractivity contribution in [3.05, 3.63) is 53.7 Å². The summed E-state index contributed by atoms with van der Waals surface area (Å²) in [5, 5.41) is 3.40. The summed E-state index contributed by atoms with van der Waals surface area (Å²) < 4.78 is 0. The topological polar surface area (TPSA) is 28.2 Å². The Kier molecular flexibility index (Phi) is 3.97. The monoisotopic (exact) mass is 267 g/mol. The van der Waals surface area contributed by atoms with E-state index in [4.69, 9.17) is 0 Å². The molecule has 0 spiro atoms. The number of aryl methyl sites for hydroxylation is 1. The predicted molar refractivity (Wildman–Crippen MR) is 83.4 cm³/mol. The fourth-order valence-electron chi connectivity index (χ4n) is 2.82. The van der Waals surface area contributed by atoms with Gasteiger partial charge in [0.1, 0.15) is 5.82 Å². The molecule has 0 aliphatic carbocycles. The molecule has 0 bridgehead atoms. The van der Waals surface area contributed by atoms with E-state index in [1.54, 1.807) is 0 Å². The third kappa shape index (κ3) is 2.54. The van der Waals surface area contributed by atoms with Gasteiger partial charge in [0.15, 0.2) is 0 Å². The molecule has 2 aromatic rings. The molecule has 0 amide bonds. The molecular formula is C17H21N3. The first-order valence-corrected chi connectivity index (χ1v) is 7.40. The Morgan fingerprint density at radius 1 is 1.20 bits per heavy atom. The number of anilines is 2. The predicted octanol–water partition coefficient (Wildman–Crippen LogP) is 3.28. The molecule has 0 saturated carbocycles. The van der Waals surface area contributed by atoms with Crippen molar-refractivity contribution in [1.82, 2.24) is 10.3 Å². The van der Waals surface area contributed by atoms with E-state index in [0.29, 0.717) is 0 Å². The first kappa shape index (κ1) is 13.1. The van der Waals surface area contributed by atoms with Gasteiger partial charge in [0.05, 0.1) is 0 Å². The Morgan fingerprint density at radius 2 is 2.10 bits per heavy atom. The average Bonchev–Trinajstić information content (AvgIpc) is 2.53. The van der Waals surface area contributed by atoms with Gasteiger partial charge in [0, 0.05) is 30.5 Å². The van der Waals surface area contributed by atoms with E-state index < -0.39 is 0 Å². The summed E-state index contributed by atoms with van der Waals surface area (Å²) in [5.41, 5.74) is 4.01. The summed E-state index contributed by atoms with van der Waals surface area (Å²) in [6.45, 7) is 5.03. The first-order valence-electron chi connectivity index (χ1n) is 7.40. The lowest BCUT2D eigenvalue weighted by molar-refractivity contribution is 0.712. The number of rotatable bonds is 4. The van der Waals surface area contributed by atoms with E-state index in [1.165, 1.54) is 29.7 Å². The quantitative estimate of drug-likeness (QED) is 0.921. The van der Waals surface area contributed by atoms with Crippen molar-refractivity contribution in [3.8, 4) is 0 Å². The van der Waals surface area contributed by atoms with Crippen LogP contribution in [-0.2, 0) is 13.0 Å². The van der Waals surface area contributed by atoms with Gasteiger partial charge in [0.25, 0.3) is 0 Å². The Bertz CT molecular complexity index is 580. The Morgan fingerprint density at radius 3 is 3.00 bits per heavy atom. The van der Waals surface area contributed by atoms with Crippen LogP contribution < -0.4 is 10.2 Å². The number of aromatic nitrogens is 1. The fourth-order valence-corrected chi connectivity index (χ4v) is 2.82. The van der Waals surface area contributed by atoms with Gasteiger partial charge in [0.2, 0.25) is 0 Å². The molecule has 20 heavy (non-hydrogen) atoms. The highest BCUT2D eigenvalue weighted by atomic mass is 15.2. The van der Waals surface area contributed by atoms with Crippen LogP contribution in [0.2, 0.25) is 0 Å². The Hall–Kier alpha value is -1.87. The molecule has 3 nitrogen and oxygen atoms in total. The number of hydrogen-bond acceptors (Lipinski definition) is 3. The summed E-state index contributed by atoms with van der Waals surface area (Å²) in [6.07, 6.45) is 4.25.